The zero-order chi connectivity index (χ0) is 49.5. The van der Waals surface area contributed by atoms with Gasteiger partial charge in [0.05, 0.1) is 22.1 Å². The van der Waals surface area contributed by atoms with Crippen LogP contribution < -0.4 is 9.80 Å². The van der Waals surface area contributed by atoms with E-state index in [-0.39, 0.29) is 11.6 Å². The van der Waals surface area contributed by atoms with E-state index in [2.05, 4.69) is 213 Å². The minimum Gasteiger partial charge on any atom is -0.310 e. The third-order valence-corrected chi connectivity index (χ3v) is 14.0. The van der Waals surface area contributed by atoms with Crippen LogP contribution in [0.2, 0.25) is 0 Å². The van der Waals surface area contributed by atoms with E-state index in [1.165, 1.54) is 0 Å². The molecule has 0 saturated heterocycles. The number of ketones is 2. The molecule has 0 aliphatic rings. The van der Waals surface area contributed by atoms with E-state index in [1.54, 1.807) is 24.3 Å². The number of rotatable bonds is 12. The molecule has 13 aromatic rings. The Morgan fingerprint density at radius 2 is 0.568 bits per heavy atom. The normalized spacial score (nSPS) is 11.4. The Balaban J connectivity index is 0.796. The van der Waals surface area contributed by atoms with Crippen LogP contribution in [0.1, 0.15) is 31.8 Å². The highest BCUT2D eigenvalue weighted by atomic mass is 16.1. The van der Waals surface area contributed by atoms with Gasteiger partial charge in [0.2, 0.25) is 0 Å². The number of hydrogen-bond acceptors (Lipinski definition) is 4. The van der Waals surface area contributed by atoms with Crippen molar-refractivity contribution in [2.45, 2.75) is 0 Å². The van der Waals surface area contributed by atoms with Crippen LogP contribution in [0.25, 0.3) is 55.0 Å². The molecule has 13 rings (SSSR count). The summed E-state index contributed by atoms with van der Waals surface area (Å²) in [5.41, 5.74) is 14.4. The van der Waals surface area contributed by atoms with E-state index >= 15 is 0 Å². The number of nitrogens with zero attached hydrogens (tertiary/aromatic N) is 4. The second kappa shape index (κ2) is 18.6. The molecule has 6 heteroatoms. The average Bonchev–Trinajstić information content (AvgIpc) is 3.99. The molecule has 74 heavy (non-hydrogen) atoms. The molecule has 0 bridgehead atoms. The summed E-state index contributed by atoms with van der Waals surface area (Å²) in [4.78, 5) is 33.2. The van der Waals surface area contributed by atoms with Crippen LogP contribution in [0.4, 0.5) is 34.1 Å². The lowest BCUT2D eigenvalue weighted by molar-refractivity contribution is 0.102. The molecular formula is C68H46N4O2. The first-order valence-electron chi connectivity index (χ1n) is 24.8. The van der Waals surface area contributed by atoms with Gasteiger partial charge in [0.1, 0.15) is 0 Å². The summed E-state index contributed by atoms with van der Waals surface area (Å²) in [7, 11) is 0. The van der Waals surface area contributed by atoms with Crippen LogP contribution >= 0.6 is 0 Å². The van der Waals surface area contributed by atoms with Gasteiger partial charge in [-0.2, -0.15) is 0 Å². The largest absolute Gasteiger partial charge is 0.310 e. The zero-order valence-corrected chi connectivity index (χ0v) is 40.2. The van der Waals surface area contributed by atoms with E-state index in [0.717, 1.165) is 89.1 Å². The maximum Gasteiger partial charge on any atom is 0.193 e. The first-order chi connectivity index (χ1) is 36.6. The van der Waals surface area contributed by atoms with E-state index in [4.69, 9.17) is 0 Å². The number of fused-ring (bicyclic) bond motifs is 6. The topological polar surface area (TPSA) is 50.5 Å². The molecule has 0 fully saturated rings. The van der Waals surface area contributed by atoms with E-state index in [1.807, 2.05) is 60.7 Å². The molecular weight excluding hydrogens is 905 g/mol. The van der Waals surface area contributed by atoms with Crippen molar-refractivity contribution in [3.05, 3.63) is 301 Å². The monoisotopic (exact) mass is 950 g/mol. The molecule has 6 nitrogen and oxygen atoms in total. The van der Waals surface area contributed by atoms with Gasteiger partial charge in [-0.3, -0.25) is 9.59 Å². The third-order valence-electron chi connectivity index (χ3n) is 14.0. The molecule has 0 aliphatic heterocycles. The van der Waals surface area contributed by atoms with Crippen molar-refractivity contribution in [2.24, 2.45) is 0 Å². The molecule has 2 heterocycles. The molecule has 350 valence electrons. The van der Waals surface area contributed by atoms with Gasteiger partial charge in [0.15, 0.2) is 11.6 Å². The molecule has 0 atom stereocenters. The minimum absolute atomic E-state index is 0.123. The van der Waals surface area contributed by atoms with Crippen molar-refractivity contribution in [2.75, 3.05) is 9.80 Å². The summed E-state index contributed by atoms with van der Waals surface area (Å²) in [5, 5.41) is 4.45. The highest BCUT2D eigenvalue weighted by molar-refractivity contribution is 6.14. The lowest BCUT2D eigenvalue weighted by Gasteiger charge is -2.25. The van der Waals surface area contributed by atoms with Crippen molar-refractivity contribution < 1.29 is 9.59 Å². The predicted molar refractivity (Wildman–Crippen MR) is 304 cm³/mol. The van der Waals surface area contributed by atoms with Gasteiger partial charge in [0, 0.05) is 89.3 Å². The molecule has 0 unspecified atom stereocenters. The van der Waals surface area contributed by atoms with Crippen LogP contribution in [-0.2, 0) is 0 Å². The highest BCUT2D eigenvalue weighted by Gasteiger charge is 2.21. The predicted octanol–water partition coefficient (Wildman–Crippen LogP) is 17.3. The Kier molecular flexibility index (Phi) is 11.1. The van der Waals surface area contributed by atoms with Crippen molar-refractivity contribution in [1.82, 2.24) is 9.13 Å². The number of carbonyl (C=O) groups excluding carboxylic acids is 2. The fourth-order valence-corrected chi connectivity index (χ4v) is 10.6. The van der Waals surface area contributed by atoms with Crippen LogP contribution in [0.3, 0.4) is 0 Å². The fraction of sp³-hybridized carbons (Fsp3) is 0. The first kappa shape index (κ1) is 43.9. The lowest BCUT2D eigenvalue weighted by atomic mass is 9.98. The number of hydrogen-bond donors (Lipinski definition) is 0. The van der Waals surface area contributed by atoms with Crippen molar-refractivity contribution in [1.29, 1.82) is 0 Å². The molecule has 0 radical (unpaired) electrons. The van der Waals surface area contributed by atoms with Crippen molar-refractivity contribution in [3.63, 3.8) is 0 Å². The maximum absolute atomic E-state index is 14.3. The quantitative estimate of drug-likeness (QED) is 0.115. The smallest absolute Gasteiger partial charge is 0.193 e. The number of anilines is 6. The Labute approximate surface area is 428 Å². The van der Waals surface area contributed by atoms with E-state index in [0.29, 0.717) is 22.3 Å². The minimum atomic E-state index is -0.123. The maximum atomic E-state index is 14.3. The zero-order valence-electron chi connectivity index (χ0n) is 40.2. The number of carbonyl (C=O) groups is 2. The van der Waals surface area contributed by atoms with Gasteiger partial charge >= 0.3 is 0 Å². The SMILES string of the molecule is O=C(c1ccc(C(=O)c2cccc(-n3c4ccccc4c4cc(N(c5ccccc5)c5ccccc5)ccc43)c2)cc1)c1cccc(-n2c3ccccc3c3cc(N(c4ccccc4)c4ccccc4)ccc32)c1. The Morgan fingerprint density at radius 3 is 0.932 bits per heavy atom. The summed E-state index contributed by atoms with van der Waals surface area (Å²) in [6.45, 7) is 0. The molecule has 0 N–H and O–H groups in total. The molecule has 0 saturated carbocycles. The number of para-hydroxylation sites is 6. The van der Waals surface area contributed by atoms with Crippen molar-refractivity contribution in [3.8, 4) is 11.4 Å². The summed E-state index contributed by atoms with van der Waals surface area (Å²) in [6.07, 6.45) is 0. The van der Waals surface area contributed by atoms with Crippen LogP contribution in [0.15, 0.2) is 279 Å². The molecule has 0 spiro atoms. The Hall–Kier alpha value is -10.0. The summed E-state index contributed by atoms with van der Waals surface area (Å²) < 4.78 is 4.47. The molecule has 2 aromatic heterocycles. The van der Waals surface area contributed by atoms with Crippen LogP contribution in [0, 0.1) is 0 Å². The van der Waals surface area contributed by atoms with E-state index in [9.17, 15) is 9.59 Å². The summed E-state index contributed by atoms with van der Waals surface area (Å²) in [5.74, 6) is -0.245. The van der Waals surface area contributed by atoms with Gasteiger partial charge in [-0.05, 0) is 121 Å². The Morgan fingerprint density at radius 1 is 0.243 bits per heavy atom. The van der Waals surface area contributed by atoms with Gasteiger partial charge in [-0.25, -0.2) is 0 Å². The van der Waals surface area contributed by atoms with Gasteiger partial charge in [-0.15, -0.1) is 0 Å². The third kappa shape index (κ3) is 7.79. The van der Waals surface area contributed by atoms with Crippen LogP contribution in [-0.4, -0.2) is 20.7 Å². The standard InChI is InChI=1S/C68H46N4O2/c73-67(49-19-17-29-55(43-49)71-63-33-15-13-31-59(63)61-45-57(39-41-65(61)71)69(51-21-5-1-6-22-51)52-23-7-2-8-24-52)47-35-37-48(38-36-47)68(74)50-20-18-30-56(44-50)72-64-34-16-14-32-60(64)62-46-58(40-42-66(62)72)70(53-25-9-3-10-26-53)54-27-11-4-12-28-54/h1-46H. The second-order valence-electron chi connectivity index (χ2n) is 18.5. The highest BCUT2D eigenvalue weighted by Crippen LogP contribution is 2.42. The average molecular weight is 951 g/mol. The fourth-order valence-electron chi connectivity index (χ4n) is 10.6. The first-order valence-corrected chi connectivity index (χ1v) is 24.8. The molecule has 0 aliphatic carbocycles. The van der Waals surface area contributed by atoms with E-state index < -0.39 is 0 Å². The van der Waals surface area contributed by atoms with Crippen LogP contribution in [0.5, 0.6) is 0 Å². The summed E-state index contributed by atoms with van der Waals surface area (Å²) in [6, 6.07) is 94.4. The van der Waals surface area contributed by atoms with Gasteiger partial charge in [0.25, 0.3) is 0 Å². The van der Waals surface area contributed by atoms with Gasteiger partial charge < -0.3 is 18.9 Å². The Bertz CT molecular complexity index is 3870. The summed E-state index contributed by atoms with van der Waals surface area (Å²) >= 11 is 0. The number of aromatic nitrogens is 2. The number of benzene rings is 11. The van der Waals surface area contributed by atoms with Crippen molar-refractivity contribution >= 4 is 89.3 Å². The second-order valence-corrected chi connectivity index (χ2v) is 18.5. The van der Waals surface area contributed by atoms with Gasteiger partial charge in [-0.1, -0.05) is 158 Å². The molecule has 11 aromatic carbocycles. The molecule has 0 amide bonds. The lowest BCUT2D eigenvalue weighted by Crippen LogP contribution is -2.09.